The van der Waals surface area contributed by atoms with E-state index in [0.717, 1.165) is 42.0 Å². The van der Waals surface area contributed by atoms with Crippen molar-refractivity contribution in [2.45, 2.75) is 56.5 Å². The highest BCUT2D eigenvalue weighted by molar-refractivity contribution is 5.78. The highest BCUT2D eigenvalue weighted by Crippen LogP contribution is 2.38. The van der Waals surface area contributed by atoms with Crippen molar-refractivity contribution in [3.05, 3.63) is 53.7 Å². The molecule has 2 N–H and O–H groups in total. The average Bonchev–Trinajstić information content (AvgIpc) is 3.12. The molecule has 6 rings (SSSR count). The standard InChI is InChI=1S/C27H32N4O4/c1-33-26-15-29-22-4-2-3-21(27(22)30-26)23(32)16-31-19-6-7-20(31)13-18(12-19)28-14-17-5-8-24-25(11-17)35-10-9-34-24/h2-5,8,11,15,18-20,23,28,32H,6-7,9-10,12-14,16H2,1H3. The Bertz CT molecular complexity index is 1190. The molecule has 0 saturated carbocycles. The highest BCUT2D eigenvalue weighted by atomic mass is 16.6. The molecule has 3 aromatic rings. The molecule has 3 aliphatic rings. The van der Waals surface area contributed by atoms with Crippen LogP contribution < -0.4 is 19.5 Å². The van der Waals surface area contributed by atoms with Gasteiger partial charge < -0.3 is 24.6 Å². The quantitative estimate of drug-likeness (QED) is 0.537. The van der Waals surface area contributed by atoms with Crippen molar-refractivity contribution in [2.75, 3.05) is 26.9 Å². The van der Waals surface area contributed by atoms with E-state index >= 15 is 0 Å². The van der Waals surface area contributed by atoms with Gasteiger partial charge in [-0.3, -0.25) is 4.90 Å². The van der Waals surface area contributed by atoms with Gasteiger partial charge >= 0.3 is 0 Å². The van der Waals surface area contributed by atoms with Gasteiger partial charge in [0, 0.05) is 36.8 Å². The number of benzene rings is 2. The number of aliphatic hydroxyl groups is 1. The molecule has 3 atom stereocenters. The fraction of sp³-hybridized carbons (Fsp3) is 0.481. The van der Waals surface area contributed by atoms with E-state index < -0.39 is 6.10 Å². The minimum Gasteiger partial charge on any atom is -0.486 e. The van der Waals surface area contributed by atoms with Gasteiger partial charge in [-0.15, -0.1) is 0 Å². The van der Waals surface area contributed by atoms with E-state index in [1.807, 2.05) is 24.3 Å². The first-order chi connectivity index (χ1) is 17.2. The number of nitrogens with zero attached hydrogens (tertiary/aromatic N) is 3. The number of hydrogen-bond acceptors (Lipinski definition) is 8. The lowest BCUT2D eigenvalue weighted by Crippen LogP contribution is -2.50. The Kier molecular flexibility index (Phi) is 6.18. The van der Waals surface area contributed by atoms with E-state index in [4.69, 9.17) is 14.2 Å². The molecule has 3 unspecified atom stereocenters. The van der Waals surface area contributed by atoms with Crippen molar-refractivity contribution in [1.82, 2.24) is 20.2 Å². The SMILES string of the molecule is COc1cnc2cccc(C(O)CN3C4CCC3CC(NCc3ccc5c(c3)OCCO5)C4)c2n1. The molecule has 0 radical (unpaired) electrons. The van der Waals surface area contributed by atoms with E-state index in [2.05, 4.69) is 32.3 Å². The van der Waals surface area contributed by atoms with Crippen LogP contribution in [0.5, 0.6) is 17.4 Å². The van der Waals surface area contributed by atoms with Crippen molar-refractivity contribution >= 4 is 11.0 Å². The summed E-state index contributed by atoms with van der Waals surface area (Å²) in [4.78, 5) is 11.5. The number of nitrogens with one attached hydrogen (secondary N) is 1. The maximum atomic E-state index is 11.2. The van der Waals surface area contributed by atoms with E-state index in [1.54, 1.807) is 13.3 Å². The Balaban J connectivity index is 1.10. The molecule has 8 nitrogen and oxygen atoms in total. The highest BCUT2D eigenvalue weighted by Gasteiger charge is 2.41. The minimum absolute atomic E-state index is 0.460. The zero-order valence-corrected chi connectivity index (χ0v) is 20.0. The molecule has 35 heavy (non-hydrogen) atoms. The lowest BCUT2D eigenvalue weighted by atomic mass is 9.95. The number of rotatable bonds is 7. The number of aliphatic hydroxyl groups excluding tert-OH is 1. The van der Waals surface area contributed by atoms with E-state index in [9.17, 15) is 5.11 Å². The first-order valence-electron chi connectivity index (χ1n) is 12.5. The van der Waals surface area contributed by atoms with Crippen LogP contribution in [0, 0.1) is 0 Å². The Morgan fingerprint density at radius 2 is 1.91 bits per heavy atom. The smallest absolute Gasteiger partial charge is 0.232 e. The van der Waals surface area contributed by atoms with Gasteiger partial charge in [-0.2, -0.15) is 0 Å². The Hall–Kier alpha value is -2.94. The Morgan fingerprint density at radius 1 is 1.11 bits per heavy atom. The van der Waals surface area contributed by atoms with E-state index in [0.29, 0.717) is 49.3 Å². The van der Waals surface area contributed by atoms with Gasteiger partial charge in [0.15, 0.2) is 11.5 Å². The predicted molar refractivity (Wildman–Crippen MR) is 132 cm³/mol. The third kappa shape index (κ3) is 4.53. The van der Waals surface area contributed by atoms with Crippen LogP contribution in [0.25, 0.3) is 11.0 Å². The maximum Gasteiger partial charge on any atom is 0.232 e. The fourth-order valence-corrected chi connectivity index (χ4v) is 5.90. The lowest BCUT2D eigenvalue weighted by molar-refractivity contribution is 0.0521. The molecule has 8 heteroatoms. The van der Waals surface area contributed by atoms with Gasteiger partial charge in [-0.25, -0.2) is 9.97 Å². The van der Waals surface area contributed by atoms with E-state index in [-0.39, 0.29) is 0 Å². The lowest BCUT2D eigenvalue weighted by Gasteiger charge is -2.40. The van der Waals surface area contributed by atoms with Crippen LogP contribution in [0.4, 0.5) is 0 Å². The first-order valence-corrected chi connectivity index (χ1v) is 12.5. The van der Waals surface area contributed by atoms with Crippen LogP contribution in [0.1, 0.15) is 42.9 Å². The number of piperidine rings is 1. The molecule has 184 valence electrons. The van der Waals surface area contributed by atoms with Gasteiger partial charge in [0.05, 0.1) is 30.4 Å². The Morgan fingerprint density at radius 3 is 2.71 bits per heavy atom. The van der Waals surface area contributed by atoms with Crippen LogP contribution in [-0.4, -0.2) is 65.0 Å². The molecule has 1 aromatic heterocycles. The van der Waals surface area contributed by atoms with Crippen molar-refractivity contribution in [1.29, 1.82) is 0 Å². The molecule has 2 saturated heterocycles. The normalized spacial score (nSPS) is 24.5. The third-order valence-corrected chi connectivity index (χ3v) is 7.62. The molecule has 3 aliphatic heterocycles. The summed E-state index contributed by atoms with van der Waals surface area (Å²) in [6.07, 6.45) is 5.55. The number of hydrogen-bond donors (Lipinski definition) is 2. The second-order valence-corrected chi connectivity index (χ2v) is 9.75. The number of aromatic nitrogens is 2. The first kappa shape index (κ1) is 22.5. The molecule has 0 aliphatic carbocycles. The average molecular weight is 477 g/mol. The summed E-state index contributed by atoms with van der Waals surface area (Å²) in [7, 11) is 1.58. The van der Waals surface area contributed by atoms with Crippen molar-refractivity contribution in [3.63, 3.8) is 0 Å². The molecular formula is C27H32N4O4. The maximum absolute atomic E-state index is 11.2. The van der Waals surface area contributed by atoms with Crippen molar-refractivity contribution < 1.29 is 19.3 Å². The predicted octanol–water partition coefficient (Wildman–Crippen LogP) is 3.23. The van der Waals surface area contributed by atoms with Gasteiger partial charge in [0.2, 0.25) is 5.88 Å². The molecule has 2 bridgehead atoms. The van der Waals surface area contributed by atoms with E-state index in [1.165, 1.54) is 18.4 Å². The van der Waals surface area contributed by atoms with Crippen LogP contribution in [0.2, 0.25) is 0 Å². The van der Waals surface area contributed by atoms with Crippen LogP contribution in [-0.2, 0) is 6.54 Å². The number of para-hydroxylation sites is 1. The molecule has 0 spiro atoms. The zero-order chi connectivity index (χ0) is 23.8. The van der Waals surface area contributed by atoms with Gasteiger partial charge in [0.25, 0.3) is 0 Å². The molecule has 0 amide bonds. The van der Waals surface area contributed by atoms with Gasteiger partial charge in [0.1, 0.15) is 13.2 Å². The summed E-state index contributed by atoms with van der Waals surface area (Å²) in [6.45, 7) is 2.65. The second kappa shape index (κ2) is 9.60. The monoisotopic (exact) mass is 476 g/mol. The summed E-state index contributed by atoms with van der Waals surface area (Å²) in [5.41, 5.74) is 3.51. The largest absolute Gasteiger partial charge is 0.486 e. The topological polar surface area (TPSA) is 89.0 Å². The number of ether oxygens (including phenoxy) is 3. The van der Waals surface area contributed by atoms with Crippen LogP contribution in [0.15, 0.2) is 42.6 Å². The third-order valence-electron chi connectivity index (χ3n) is 7.62. The van der Waals surface area contributed by atoms with Gasteiger partial charge in [-0.1, -0.05) is 18.2 Å². The summed E-state index contributed by atoms with van der Waals surface area (Å²) < 4.78 is 16.6. The molecule has 2 fully saturated rings. The summed E-state index contributed by atoms with van der Waals surface area (Å²) in [5, 5.41) is 15.0. The molecule has 2 aromatic carbocycles. The van der Waals surface area contributed by atoms with Gasteiger partial charge in [-0.05, 0) is 49.4 Å². The summed E-state index contributed by atoms with van der Waals surface area (Å²) in [5.74, 6) is 2.14. The molecular weight excluding hydrogens is 444 g/mol. The minimum atomic E-state index is -0.620. The summed E-state index contributed by atoms with van der Waals surface area (Å²) in [6, 6.07) is 13.4. The van der Waals surface area contributed by atoms with Crippen molar-refractivity contribution in [3.8, 4) is 17.4 Å². The zero-order valence-electron chi connectivity index (χ0n) is 20.0. The second-order valence-electron chi connectivity index (χ2n) is 9.75. The number of fused-ring (bicyclic) bond motifs is 4. The molecule has 4 heterocycles. The van der Waals surface area contributed by atoms with Crippen LogP contribution >= 0.6 is 0 Å². The van der Waals surface area contributed by atoms with Crippen molar-refractivity contribution in [2.24, 2.45) is 0 Å². The fourth-order valence-electron chi connectivity index (χ4n) is 5.90. The number of methoxy groups -OCH3 is 1. The summed E-state index contributed by atoms with van der Waals surface area (Å²) >= 11 is 0. The van der Waals surface area contributed by atoms with Crippen LogP contribution in [0.3, 0.4) is 0 Å². The Labute approximate surface area is 205 Å².